The molecule has 21 heavy (non-hydrogen) atoms. The maximum atomic E-state index is 12.8. The van der Waals surface area contributed by atoms with Crippen molar-refractivity contribution >= 4 is 5.91 Å². The van der Waals surface area contributed by atoms with Crippen LogP contribution in [-0.4, -0.2) is 45.4 Å². The van der Waals surface area contributed by atoms with Gasteiger partial charge in [-0.2, -0.15) is 5.10 Å². The van der Waals surface area contributed by atoms with Crippen molar-refractivity contribution in [2.24, 2.45) is 11.8 Å². The van der Waals surface area contributed by atoms with Gasteiger partial charge in [0.1, 0.15) is 0 Å². The summed E-state index contributed by atoms with van der Waals surface area (Å²) < 4.78 is 2.04. The molecule has 0 bridgehead atoms. The van der Waals surface area contributed by atoms with Crippen LogP contribution in [0.4, 0.5) is 0 Å². The number of aromatic nitrogens is 2. The Bertz CT molecular complexity index is 520. The van der Waals surface area contributed by atoms with Crippen molar-refractivity contribution in [2.45, 2.75) is 45.6 Å². The molecular formula is C16H25N3O2. The Balaban J connectivity index is 1.81. The smallest absolute Gasteiger partial charge is 0.257 e. The SMILES string of the molecule is CC(C)Cn1ncc(C(=O)N2CCC(CO)C2)c1C1CC1. The highest BCUT2D eigenvalue weighted by molar-refractivity contribution is 5.95. The van der Waals surface area contributed by atoms with Crippen molar-refractivity contribution in [2.75, 3.05) is 19.7 Å². The zero-order valence-electron chi connectivity index (χ0n) is 13.0. The number of carbonyl (C=O) groups is 1. The molecule has 5 heteroatoms. The second kappa shape index (κ2) is 5.79. The molecule has 5 nitrogen and oxygen atoms in total. The van der Waals surface area contributed by atoms with E-state index in [0.717, 1.165) is 30.8 Å². The predicted octanol–water partition coefficient (Wildman–Crippen LogP) is 1.87. The number of carbonyl (C=O) groups excluding carboxylic acids is 1. The third-order valence-electron chi connectivity index (χ3n) is 4.44. The molecule has 0 radical (unpaired) electrons. The van der Waals surface area contributed by atoms with Crippen LogP contribution in [0.5, 0.6) is 0 Å². The van der Waals surface area contributed by atoms with E-state index in [0.29, 0.717) is 18.4 Å². The van der Waals surface area contributed by atoms with Crippen molar-refractivity contribution in [3.05, 3.63) is 17.5 Å². The predicted molar refractivity (Wildman–Crippen MR) is 80.1 cm³/mol. The highest BCUT2D eigenvalue weighted by atomic mass is 16.3. The van der Waals surface area contributed by atoms with Gasteiger partial charge in [-0.05, 0) is 25.2 Å². The Kier molecular flexibility index (Phi) is 4.02. The van der Waals surface area contributed by atoms with Crippen LogP contribution >= 0.6 is 0 Å². The van der Waals surface area contributed by atoms with Gasteiger partial charge < -0.3 is 10.0 Å². The van der Waals surface area contributed by atoms with E-state index in [2.05, 4.69) is 18.9 Å². The minimum Gasteiger partial charge on any atom is -0.396 e. The van der Waals surface area contributed by atoms with E-state index < -0.39 is 0 Å². The lowest BCUT2D eigenvalue weighted by Crippen LogP contribution is -2.29. The van der Waals surface area contributed by atoms with E-state index in [1.807, 2.05) is 9.58 Å². The Hall–Kier alpha value is -1.36. The molecule has 1 N–H and O–H groups in total. The molecule has 1 amide bonds. The molecule has 2 aliphatic rings. The number of hydrogen-bond acceptors (Lipinski definition) is 3. The first kappa shape index (κ1) is 14.6. The molecule has 116 valence electrons. The van der Waals surface area contributed by atoms with Crippen molar-refractivity contribution in [3.63, 3.8) is 0 Å². The molecule has 0 spiro atoms. The third kappa shape index (κ3) is 2.98. The molecule has 1 saturated carbocycles. The number of amides is 1. The largest absolute Gasteiger partial charge is 0.396 e. The van der Waals surface area contributed by atoms with Crippen molar-refractivity contribution < 1.29 is 9.90 Å². The normalized spacial score (nSPS) is 22.3. The maximum Gasteiger partial charge on any atom is 0.257 e. The summed E-state index contributed by atoms with van der Waals surface area (Å²) in [6.45, 7) is 6.82. The molecule has 1 aromatic rings. The lowest BCUT2D eigenvalue weighted by Gasteiger charge is -2.17. The Morgan fingerprint density at radius 2 is 2.19 bits per heavy atom. The molecule has 1 aliphatic heterocycles. The molecule has 0 aromatic carbocycles. The molecule has 2 heterocycles. The van der Waals surface area contributed by atoms with Crippen LogP contribution in [0.2, 0.25) is 0 Å². The van der Waals surface area contributed by atoms with Crippen LogP contribution in [0.1, 0.15) is 55.1 Å². The zero-order valence-corrected chi connectivity index (χ0v) is 13.0. The molecule has 1 unspecified atom stereocenters. The third-order valence-corrected chi connectivity index (χ3v) is 4.44. The van der Waals surface area contributed by atoms with Crippen molar-refractivity contribution in [3.8, 4) is 0 Å². The summed E-state index contributed by atoms with van der Waals surface area (Å²) in [6, 6.07) is 0. The number of rotatable bonds is 5. The minimum atomic E-state index is 0.0999. The summed E-state index contributed by atoms with van der Waals surface area (Å²) in [5, 5.41) is 13.7. The van der Waals surface area contributed by atoms with Gasteiger partial charge in [-0.15, -0.1) is 0 Å². The van der Waals surface area contributed by atoms with Crippen LogP contribution in [0, 0.1) is 11.8 Å². The second-order valence-corrected chi connectivity index (χ2v) is 6.88. The van der Waals surface area contributed by atoms with Gasteiger partial charge in [0, 0.05) is 38.1 Å². The molecule has 1 aliphatic carbocycles. The highest BCUT2D eigenvalue weighted by Gasteiger charge is 2.35. The lowest BCUT2D eigenvalue weighted by atomic mass is 10.1. The maximum absolute atomic E-state index is 12.8. The fraction of sp³-hybridized carbons (Fsp3) is 0.750. The number of aliphatic hydroxyl groups excluding tert-OH is 1. The monoisotopic (exact) mass is 291 g/mol. The molecule has 1 atom stereocenters. The first-order chi connectivity index (χ1) is 10.1. The van der Waals surface area contributed by atoms with Gasteiger partial charge in [-0.1, -0.05) is 13.8 Å². The van der Waals surface area contributed by atoms with E-state index >= 15 is 0 Å². The van der Waals surface area contributed by atoms with Gasteiger partial charge in [0.15, 0.2) is 0 Å². The fourth-order valence-electron chi connectivity index (χ4n) is 3.17. The standard InChI is InChI=1S/C16H25N3O2/c1-11(2)8-19-15(13-3-4-13)14(7-17-19)16(21)18-6-5-12(9-18)10-20/h7,11-13,20H,3-6,8-10H2,1-2H3. The molecule has 1 aromatic heterocycles. The van der Waals surface area contributed by atoms with Crippen LogP contribution < -0.4 is 0 Å². The van der Waals surface area contributed by atoms with Crippen LogP contribution in [0.15, 0.2) is 6.20 Å². The van der Waals surface area contributed by atoms with Gasteiger partial charge in [0.2, 0.25) is 0 Å². The fourth-order valence-corrected chi connectivity index (χ4v) is 3.17. The van der Waals surface area contributed by atoms with Gasteiger partial charge in [0.05, 0.1) is 17.5 Å². The Labute approximate surface area is 125 Å². The number of aliphatic hydroxyl groups is 1. The van der Waals surface area contributed by atoms with Crippen molar-refractivity contribution in [1.82, 2.24) is 14.7 Å². The lowest BCUT2D eigenvalue weighted by molar-refractivity contribution is 0.0780. The Morgan fingerprint density at radius 3 is 2.76 bits per heavy atom. The van der Waals surface area contributed by atoms with E-state index in [9.17, 15) is 9.90 Å². The molecule has 1 saturated heterocycles. The minimum absolute atomic E-state index is 0.0999. The summed E-state index contributed by atoms with van der Waals surface area (Å²) in [5.41, 5.74) is 1.93. The molecular weight excluding hydrogens is 266 g/mol. The van der Waals surface area contributed by atoms with Gasteiger partial charge >= 0.3 is 0 Å². The number of hydrogen-bond donors (Lipinski definition) is 1. The summed E-state index contributed by atoms with van der Waals surface area (Å²) in [5.74, 6) is 1.38. The van der Waals surface area contributed by atoms with Gasteiger partial charge in [-0.3, -0.25) is 9.48 Å². The summed E-state index contributed by atoms with van der Waals surface area (Å²) in [7, 11) is 0. The first-order valence-corrected chi connectivity index (χ1v) is 8.06. The topological polar surface area (TPSA) is 58.4 Å². The Morgan fingerprint density at radius 1 is 1.43 bits per heavy atom. The summed E-state index contributed by atoms with van der Waals surface area (Å²) >= 11 is 0. The highest BCUT2D eigenvalue weighted by Crippen LogP contribution is 2.42. The number of likely N-dealkylation sites (tertiary alicyclic amines) is 1. The van der Waals surface area contributed by atoms with Crippen LogP contribution in [0.25, 0.3) is 0 Å². The number of nitrogens with zero attached hydrogens (tertiary/aromatic N) is 3. The molecule has 3 rings (SSSR count). The van der Waals surface area contributed by atoms with Crippen LogP contribution in [0.3, 0.4) is 0 Å². The molecule has 2 fully saturated rings. The van der Waals surface area contributed by atoms with Gasteiger partial charge in [-0.25, -0.2) is 0 Å². The first-order valence-electron chi connectivity index (χ1n) is 8.06. The van der Waals surface area contributed by atoms with E-state index in [1.54, 1.807) is 6.20 Å². The van der Waals surface area contributed by atoms with Gasteiger partial charge in [0.25, 0.3) is 5.91 Å². The summed E-state index contributed by atoms with van der Waals surface area (Å²) in [6.07, 6.45) is 5.00. The van der Waals surface area contributed by atoms with E-state index in [4.69, 9.17) is 0 Å². The van der Waals surface area contributed by atoms with Crippen LogP contribution in [-0.2, 0) is 6.54 Å². The zero-order chi connectivity index (χ0) is 15.0. The second-order valence-electron chi connectivity index (χ2n) is 6.88. The quantitative estimate of drug-likeness (QED) is 0.901. The van der Waals surface area contributed by atoms with E-state index in [1.165, 1.54) is 12.8 Å². The van der Waals surface area contributed by atoms with Crippen molar-refractivity contribution in [1.29, 1.82) is 0 Å². The average Bonchev–Trinajstić information content (AvgIpc) is 3.02. The average molecular weight is 291 g/mol. The van der Waals surface area contributed by atoms with E-state index in [-0.39, 0.29) is 18.4 Å². The summed E-state index contributed by atoms with van der Waals surface area (Å²) in [4.78, 5) is 14.6.